The molecule has 1 aromatic rings. The van der Waals surface area contributed by atoms with Crippen LogP contribution in [0.3, 0.4) is 0 Å². The third-order valence-corrected chi connectivity index (χ3v) is 4.07. The molecule has 1 N–H and O–H groups in total. The Morgan fingerprint density at radius 1 is 1.37 bits per heavy atom. The molecule has 3 rings (SSSR count). The van der Waals surface area contributed by atoms with Crippen LogP contribution in [0.25, 0.3) is 0 Å². The number of aliphatic carboxylic acids is 1. The van der Waals surface area contributed by atoms with Crippen molar-refractivity contribution in [2.45, 2.75) is 24.4 Å². The van der Waals surface area contributed by atoms with E-state index in [-0.39, 0.29) is 31.3 Å². The lowest BCUT2D eigenvalue weighted by molar-refractivity contribution is -0.150. The molecule has 0 radical (unpaired) electrons. The van der Waals surface area contributed by atoms with E-state index < -0.39 is 11.6 Å². The molecule has 19 heavy (non-hydrogen) atoms. The van der Waals surface area contributed by atoms with Crippen molar-refractivity contribution in [1.29, 1.82) is 0 Å². The van der Waals surface area contributed by atoms with Crippen molar-refractivity contribution in [2.24, 2.45) is 0 Å². The van der Waals surface area contributed by atoms with E-state index in [4.69, 9.17) is 5.11 Å². The highest BCUT2D eigenvalue weighted by atomic mass is 19.1. The van der Waals surface area contributed by atoms with Gasteiger partial charge in [-0.25, -0.2) is 9.18 Å². The van der Waals surface area contributed by atoms with Crippen molar-refractivity contribution in [1.82, 2.24) is 4.90 Å². The number of hydrogen-bond acceptors (Lipinski definition) is 2. The fourth-order valence-corrected chi connectivity index (χ4v) is 2.84. The van der Waals surface area contributed by atoms with Crippen LogP contribution in [0.1, 0.15) is 23.5 Å². The molecule has 1 aliphatic heterocycles. The quantitative estimate of drug-likeness (QED) is 0.876. The summed E-state index contributed by atoms with van der Waals surface area (Å²) in [6, 6.07) is 7.67. The van der Waals surface area contributed by atoms with Gasteiger partial charge in [0.2, 0.25) is 11.6 Å². The Hall–Kier alpha value is -1.91. The summed E-state index contributed by atoms with van der Waals surface area (Å²) in [5.41, 5.74) is -0.150. The predicted molar refractivity (Wildman–Crippen MR) is 65.6 cm³/mol. The maximum absolute atomic E-state index is 13.9. The number of fused-ring (bicyclic) bond motifs is 1. The number of carboxylic acids is 1. The van der Waals surface area contributed by atoms with Gasteiger partial charge in [-0.15, -0.1) is 0 Å². The number of rotatable bonds is 2. The van der Waals surface area contributed by atoms with Crippen molar-refractivity contribution in [2.75, 3.05) is 13.1 Å². The molecule has 1 fully saturated rings. The maximum atomic E-state index is 13.9. The van der Waals surface area contributed by atoms with Gasteiger partial charge in [0.25, 0.3) is 0 Å². The first-order valence-corrected chi connectivity index (χ1v) is 6.30. The first-order valence-electron chi connectivity index (χ1n) is 6.30. The Kier molecular flexibility index (Phi) is 2.59. The predicted octanol–water partition coefficient (Wildman–Crippen LogP) is 1.35. The van der Waals surface area contributed by atoms with Gasteiger partial charge in [-0.05, 0) is 17.5 Å². The number of likely N-dealkylation sites (tertiary alicyclic amines) is 1. The van der Waals surface area contributed by atoms with Gasteiger partial charge in [0, 0.05) is 13.0 Å². The normalized spacial score (nSPS) is 28.7. The fraction of sp³-hybridized carbons (Fsp3) is 0.429. The number of amides is 1. The summed E-state index contributed by atoms with van der Waals surface area (Å²) in [6.45, 7) is -0.153. The highest BCUT2D eigenvalue weighted by Gasteiger charge is 2.48. The van der Waals surface area contributed by atoms with Crippen LogP contribution in [0, 0.1) is 0 Å². The third-order valence-electron chi connectivity index (χ3n) is 4.07. The molecular formula is C14H14FNO3. The molecule has 2 aliphatic rings. The first-order chi connectivity index (χ1) is 9.01. The van der Waals surface area contributed by atoms with Gasteiger partial charge < -0.3 is 10.0 Å². The average molecular weight is 263 g/mol. The smallest absolute Gasteiger partial charge is 0.343 e. The minimum absolute atomic E-state index is 0.123. The highest BCUT2D eigenvalue weighted by Crippen LogP contribution is 2.38. The third kappa shape index (κ3) is 1.80. The van der Waals surface area contributed by atoms with Gasteiger partial charge in [0.15, 0.2) is 0 Å². The number of hydrogen-bond donors (Lipinski definition) is 1. The van der Waals surface area contributed by atoms with Crippen LogP contribution in [-0.2, 0) is 16.0 Å². The zero-order valence-electron chi connectivity index (χ0n) is 10.3. The van der Waals surface area contributed by atoms with E-state index in [0.717, 1.165) is 11.1 Å². The fourth-order valence-electron chi connectivity index (χ4n) is 2.84. The number of carbonyl (C=O) groups is 2. The van der Waals surface area contributed by atoms with Crippen molar-refractivity contribution < 1.29 is 19.1 Å². The summed E-state index contributed by atoms with van der Waals surface area (Å²) in [6.07, 6.45) is 0.542. The van der Waals surface area contributed by atoms with Crippen LogP contribution < -0.4 is 0 Å². The molecule has 0 bridgehead atoms. The molecule has 5 heteroatoms. The Morgan fingerprint density at radius 2 is 2.11 bits per heavy atom. The van der Waals surface area contributed by atoms with Crippen LogP contribution in [0.4, 0.5) is 4.39 Å². The van der Waals surface area contributed by atoms with Crippen LogP contribution in [0.15, 0.2) is 24.3 Å². The number of carbonyl (C=O) groups excluding carboxylic acids is 1. The lowest BCUT2D eigenvalue weighted by Crippen LogP contribution is -2.42. The van der Waals surface area contributed by atoms with Gasteiger partial charge in [-0.1, -0.05) is 24.3 Å². The number of halogens is 1. The zero-order valence-corrected chi connectivity index (χ0v) is 10.3. The Balaban J connectivity index is 1.73. The largest absolute Gasteiger partial charge is 0.479 e. The second kappa shape index (κ2) is 4.05. The maximum Gasteiger partial charge on any atom is 0.343 e. The van der Waals surface area contributed by atoms with Crippen LogP contribution in [0.5, 0.6) is 0 Å². The second-order valence-electron chi connectivity index (χ2n) is 5.24. The minimum atomic E-state index is -2.28. The van der Waals surface area contributed by atoms with Crippen molar-refractivity contribution in [3.05, 3.63) is 35.4 Å². The molecular weight excluding hydrogens is 249 g/mol. The second-order valence-corrected chi connectivity index (χ2v) is 5.24. The van der Waals surface area contributed by atoms with E-state index in [0.29, 0.717) is 6.42 Å². The summed E-state index contributed by atoms with van der Waals surface area (Å²) in [5, 5.41) is 8.83. The number of nitrogens with zero attached hydrogens (tertiary/aromatic N) is 1. The molecule has 1 saturated heterocycles. The van der Waals surface area contributed by atoms with E-state index in [1.54, 1.807) is 0 Å². The summed E-state index contributed by atoms with van der Waals surface area (Å²) >= 11 is 0. The van der Waals surface area contributed by atoms with E-state index in [1.165, 1.54) is 4.90 Å². The molecule has 2 atom stereocenters. The van der Waals surface area contributed by atoms with Crippen molar-refractivity contribution in [3.63, 3.8) is 0 Å². The summed E-state index contributed by atoms with van der Waals surface area (Å²) < 4.78 is 13.9. The molecule has 1 heterocycles. The first kappa shape index (κ1) is 12.1. The molecule has 1 amide bonds. The molecule has 0 spiro atoms. The molecule has 1 aliphatic carbocycles. The topological polar surface area (TPSA) is 57.6 Å². The molecule has 0 saturated carbocycles. The SMILES string of the molecule is O=C(C1Cc2ccccc21)N1CCC(F)(C(=O)O)C1. The lowest BCUT2D eigenvalue weighted by atomic mass is 9.77. The highest BCUT2D eigenvalue weighted by molar-refractivity contribution is 5.88. The van der Waals surface area contributed by atoms with Gasteiger partial charge >= 0.3 is 5.97 Å². The van der Waals surface area contributed by atoms with Gasteiger partial charge in [-0.2, -0.15) is 0 Å². The van der Waals surface area contributed by atoms with Crippen LogP contribution in [-0.4, -0.2) is 40.6 Å². The number of carboxylic acid groups (broad SMARTS) is 1. The van der Waals surface area contributed by atoms with E-state index in [9.17, 15) is 14.0 Å². The van der Waals surface area contributed by atoms with E-state index >= 15 is 0 Å². The van der Waals surface area contributed by atoms with Crippen molar-refractivity contribution >= 4 is 11.9 Å². The summed E-state index contributed by atoms with van der Waals surface area (Å²) in [5.74, 6) is -1.86. The molecule has 1 aromatic carbocycles. The van der Waals surface area contributed by atoms with Gasteiger partial charge in [0.1, 0.15) is 0 Å². The van der Waals surface area contributed by atoms with Gasteiger partial charge in [-0.3, -0.25) is 4.79 Å². The summed E-state index contributed by atoms with van der Waals surface area (Å²) in [4.78, 5) is 24.4. The van der Waals surface area contributed by atoms with E-state index in [1.807, 2.05) is 24.3 Å². The summed E-state index contributed by atoms with van der Waals surface area (Å²) in [7, 11) is 0. The lowest BCUT2D eigenvalue weighted by Gasteiger charge is -2.32. The Labute approximate surface area is 109 Å². The van der Waals surface area contributed by atoms with Gasteiger partial charge in [0.05, 0.1) is 12.5 Å². The van der Waals surface area contributed by atoms with Crippen LogP contribution >= 0.6 is 0 Å². The average Bonchev–Trinajstić information content (AvgIpc) is 2.75. The van der Waals surface area contributed by atoms with Crippen molar-refractivity contribution in [3.8, 4) is 0 Å². The molecule has 4 nitrogen and oxygen atoms in total. The molecule has 0 aromatic heterocycles. The number of alkyl halides is 1. The zero-order chi connectivity index (χ0) is 13.6. The standard InChI is InChI=1S/C14H14FNO3/c15-14(13(18)19)5-6-16(8-14)12(17)11-7-9-3-1-2-4-10(9)11/h1-4,11H,5-8H2,(H,18,19). The van der Waals surface area contributed by atoms with Crippen LogP contribution in [0.2, 0.25) is 0 Å². The van der Waals surface area contributed by atoms with E-state index in [2.05, 4.69) is 0 Å². The number of benzene rings is 1. The minimum Gasteiger partial charge on any atom is -0.479 e. The molecule has 100 valence electrons. The Bertz CT molecular complexity index is 559. The molecule has 2 unspecified atom stereocenters. The Morgan fingerprint density at radius 3 is 2.74 bits per heavy atom. The monoisotopic (exact) mass is 263 g/mol.